The average molecular weight is 156 g/mol. The highest BCUT2D eigenvalue weighted by atomic mass is 15.3. The van der Waals surface area contributed by atoms with Crippen LogP contribution in [0.4, 0.5) is 0 Å². The maximum absolute atomic E-state index is 3.11. The van der Waals surface area contributed by atoms with E-state index in [2.05, 4.69) is 31.0 Å². The number of unbranched alkanes of at least 4 members (excludes halogenated alkanes) is 1. The van der Waals surface area contributed by atoms with Crippen LogP contribution in [0.25, 0.3) is 0 Å². The average Bonchev–Trinajstić information content (AvgIpc) is 2.37. The largest absolute Gasteiger partial charge is 0.370 e. The molecule has 1 unspecified atom stereocenters. The molecule has 0 saturated carbocycles. The van der Waals surface area contributed by atoms with Crippen molar-refractivity contribution in [3.8, 4) is 0 Å². The molecule has 1 aliphatic rings. The third-order valence-corrected chi connectivity index (χ3v) is 1.76. The van der Waals surface area contributed by atoms with Crippen LogP contribution in [0.1, 0.15) is 33.6 Å². The highest BCUT2D eigenvalue weighted by Crippen LogP contribution is 1.97. The molecule has 0 aromatic rings. The molecule has 1 atom stereocenters. The minimum Gasteiger partial charge on any atom is -0.370 e. The number of hydrogen-bond donors (Lipinski definition) is 1. The Kier molecular flexibility index (Phi) is 5.71. The normalized spacial score (nSPS) is 20.7. The van der Waals surface area contributed by atoms with Crippen molar-refractivity contribution in [2.24, 2.45) is 0 Å². The molecule has 1 aliphatic heterocycles. The van der Waals surface area contributed by atoms with E-state index in [9.17, 15) is 0 Å². The van der Waals surface area contributed by atoms with Crippen LogP contribution >= 0.6 is 0 Å². The maximum Gasteiger partial charge on any atom is 0.0949 e. The fraction of sp³-hybridized carbons (Fsp3) is 0.778. The van der Waals surface area contributed by atoms with Crippen molar-refractivity contribution in [2.75, 3.05) is 7.05 Å². The van der Waals surface area contributed by atoms with Crippen molar-refractivity contribution in [1.82, 2.24) is 10.2 Å². The molecule has 0 aliphatic carbocycles. The van der Waals surface area contributed by atoms with Crippen molar-refractivity contribution in [3.05, 3.63) is 12.4 Å². The van der Waals surface area contributed by atoms with Gasteiger partial charge in [-0.3, -0.25) is 0 Å². The Morgan fingerprint density at radius 3 is 2.00 bits per heavy atom. The standard InChI is InChI=1S/C5H10N2.C4H10/c1-5-6-3-4-7(5)2;1-3-4-2/h3-6H,1-2H3;3-4H2,1-2H3. The lowest BCUT2D eigenvalue weighted by molar-refractivity contribution is 0.356. The van der Waals surface area contributed by atoms with Gasteiger partial charge in [0.05, 0.1) is 6.17 Å². The van der Waals surface area contributed by atoms with Gasteiger partial charge in [-0.15, -0.1) is 0 Å². The third kappa shape index (κ3) is 4.71. The van der Waals surface area contributed by atoms with E-state index in [1.54, 1.807) is 0 Å². The molecule has 0 amide bonds. The summed E-state index contributed by atoms with van der Waals surface area (Å²) in [7, 11) is 2.04. The van der Waals surface area contributed by atoms with Crippen molar-refractivity contribution in [3.63, 3.8) is 0 Å². The Balaban J connectivity index is 0.000000218. The molecule has 1 heterocycles. The van der Waals surface area contributed by atoms with E-state index in [4.69, 9.17) is 0 Å². The Bertz CT molecular complexity index is 108. The monoisotopic (exact) mass is 156 g/mol. The Morgan fingerprint density at radius 1 is 1.36 bits per heavy atom. The summed E-state index contributed by atoms with van der Waals surface area (Å²) in [4.78, 5) is 2.11. The molecule has 66 valence electrons. The molecule has 0 aromatic heterocycles. The van der Waals surface area contributed by atoms with Crippen LogP contribution in [0.5, 0.6) is 0 Å². The molecule has 1 rings (SSSR count). The third-order valence-electron chi connectivity index (χ3n) is 1.76. The van der Waals surface area contributed by atoms with Gasteiger partial charge in [0, 0.05) is 19.4 Å². The van der Waals surface area contributed by atoms with Gasteiger partial charge in [0.2, 0.25) is 0 Å². The van der Waals surface area contributed by atoms with Crippen LogP contribution in [0.2, 0.25) is 0 Å². The molecule has 0 aromatic carbocycles. The summed E-state index contributed by atoms with van der Waals surface area (Å²) < 4.78 is 0. The first kappa shape index (κ1) is 10.3. The van der Waals surface area contributed by atoms with E-state index in [0.29, 0.717) is 6.17 Å². The van der Waals surface area contributed by atoms with E-state index in [-0.39, 0.29) is 0 Å². The summed E-state index contributed by atoms with van der Waals surface area (Å²) >= 11 is 0. The van der Waals surface area contributed by atoms with Gasteiger partial charge in [0.15, 0.2) is 0 Å². The summed E-state index contributed by atoms with van der Waals surface area (Å²) in [6, 6.07) is 0. The van der Waals surface area contributed by atoms with Crippen molar-refractivity contribution in [1.29, 1.82) is 0 Å². The Labute approximate surface area is 70.3 Å². The first-order valence-electron chi connectivity index (χ1n) is 4.37. The van der Waals surface area contributed by atoms with Gasteiger partial charge in [-0.1, -0.05) is 26.7 Å². The SMILES string of the molecule is CC1NC=CN1C.CCCC. The molecule has 0 radical (unpaired) electrons. The fourth-order valence-electron chi connectivity index (χ4n) is 0.547. The Morgan fingerprint density at radius 2 is 1.91 bits per heavy atom. The summed E-state index contributed by atoms with van der Waals surface area (Å²) in [6.45, 7) is 6.47. The lowest BCUT2D eigenvalue weighted by Crippen LogP contribution is -2.28. The van der Waals surface area contributed by atoms with E-state index in [0.717, 1.165) is 0 Å². The van der Waals surface area contributed by atoms with Crippen LogP contribution < -0.4 is 5.32 Å². The van der Waals surface area contributed by atoms with Crippen molar-refractivity contribution < 1.29 is 0 Å². The first-order chi connectivity index (χ1) is 5.22. The van der Waals surface area contributed by atoms with Crippen LogP contribution in [0.3, 0.4) is 0 Å². The van der Waals surface area contributed by atoms with Gasteiger partial charge < -0.3 is 10.2 Å². The predicted octanol–water partition coefficient (Wildman–Crippen LogP) is 2.15. The van der Waals surface area contributed by atoms with Gasteiger partial charge in [0.1, 0.15) is 0 Å². The van der Waals surface area contributed by atoms with Gasteiger partial charge in [-0.2, -0.15) is 0 Å². The summed E-state index contributed by atoms with van der Waals surface area (Å²) in [5.74, 6) is 0. The molecule has 0 fully saturated rings. The van der Waals surface area contributed by atoms with Crippen LogP contribution in [-0.4, -0.2) is 18.1 Å². The molecule has 2 nitrogen and oxygen atoms in total. The summed E-state index contributed by atoms with van der Waals surface area (Å²) in [5.41, 5.74) is 0. The maximum atomic E-state index is 3.11. The summed E-state index contributed by atoms with van der Waals surface area (Å²) in [5, 5.41) is 3.11. The van der Waals surface area contributed by atoms with Crippen molar-refractivity contribution in [2.45, 2.75) is 39.8 Å². The van der Waals surface area contributed by atoms with Gasteiger partial charge >= 0.3 is 0 Å². The topological polar surface area (TPSA) is 15.3 Å². The highest BCUT2D eigenvalue weighted by Gasteiger charge is 2.04. The van der Waals surface area contributed by atoms with Gasteiger partial charge in [-0.25, -0.2) is 0 Å². The number of nitrogens with one attached hydrogen (secondary N) is 1. The zero-order valence-corrected chi connectivity index (χ0v) is 8.09. The highest BCUT2D eigenvalue weighted by molar-refractivity contribution is 4.89. The minimum atomic E-state index is 0.486. The quantitative estimate of drug-likeness (QED) is 0.625. The van der Waals surface area contributed by atoms with Crippen LogP contribution in [0.15, 0.2) is 12.4 Å². The van der Waals surface area contributed by atoms with E-state index >= 15 is 0 Å². The smallest absolute Gasteiger partial charge is 0.0949 e. The summed E-state index contributed by atoms with van der Waals surface area (Å²) in [6.07, 6.45) is 7.09. The lowest BCUT2D eigenvalue weighted by Gasteiger charge is -2.14. The molecule has 0 saturated heterocycles. The number of hydrogen-bond acceptors (Lipinski definition) is 2. The second-order valence-corrected chi connectivity index (χ2v) is 2.82. The molecule has 1 N–H and O–H groups in total. The molecular weight excluding hydrogens is 136 g/mol. The molecular formula is C9H20N2. The molecule has 11 heavy (non-hydrogen) atoms. The predicted molar refractivity (Wildman–Crippen MR) is 50.1 cm³/mol. The van der Waals surface area contributed by atoms with E-state index in [1.807, 2.05) is 19.4 Å². The molecule has 0 bridgehead atoms. The van der Waals surface area contributed by atoms with E-state index < -0.39 is 0 Å². The second-order valence-electron chi connectivity index (χ2n) is 2.82. The van der Waals surface area contributed by atoms with E-state index in [1.165, 1.54) is 12.8 Å². The van der Waals surface area contributed by atoms with Gasteiger partial charge in [-0.05, 0) is 6.92 Å². The number of rotatable bonds is 1. The zero-order valence-electron chi connectivity index (χ0n) is 8.09. The second kappa shape index (κ2) is 6.08. The Hall–Kier alpha value is -0.660. The molecule has 2 heteroatoms. The fourth-order valence-corrected chi connectivity index (χ4v) is 0.547. The van der Waals surface area contributed by atoms with Crippen molar-refractivity contribution >= 4 is 0 Å². The zero-order chi connectivity index (χ0) is 8.69. The lowest BCUT2D eigenvalue weighted by atomic mass is 10.4. The number of nitrogens with zero attached hydrogens (tertiary/aromatic N) is 1. The van der Waals surface area contributed by atoms with Gasteiger partial charge in [0.25, 0.3) is 0 Å². The van der Waals surface area contributed by atoms with Crippen LogP contribution in [-0.2, 0) is 0 Å². The minimum absolute atomic E-state index is 0.486. The first-order valence-corrected chi connectivity index (χ1v) is 4.37. The molecule has 0 spiro atoms. The van der Waals surface area contributed by atoms with Crippen LogP contribution in [0, 0.1) is 0 Å².